The minimum atomic E-state index is -0.384. The molecule has 1 aromatic carbocycles. The number of nitrogens with one attached hydrogen (secondary N) is 2. The molecule has 2 rings (SSSR count). The van der Waals surface area contributed by atoms with Crippen molar-refractivity contribution in [3.05, 3.63) is 29.6 Å². The van der Waals surface area contributed by atoms with Gasteiger partial charge >= 0.3 is 0 Å². The van der Waals surface area contributed by atoms with Crippen molar-refractivity contribution in [1.29, 1.82) is 0 Å². The predicted molar refractivity (Wildman–Crippen MR) is 85.5 cm³/mol. The molecule has 4 nitrogen and oxygen atoms in total. The van der Waals surface area contributed by atoms with E-state index in [4.69, 9.17) is 0 Å². The zero-order valence-electron chi connectivity index (χ0n) is 12.5. The van der Waals surface area contributed by atoms with Gasteiger partial charge in [0.2, 0.25) is 5.91 Å². The van der Waals surface area contributed by atoms with Crippen LogP contribution < -0.4 is 10.6 Å². The van der Waals surface area contributed by atoms with E-state index in [1.807, 2.05) is 14.0 Å². The summed E-state index contributed by atoms with van der Waals surface area (Å²) in [5.41, 5.74) is 1.09. The maximum absolute atomic E-state index is 13.7. The average molecular weight is 316 g/mol. The zero-order valence-corrected chi connectivity index (χ0v) is 13.3. The van der Waals surface area contributed by atoms with Gasteiger partial charge in [0.1, 0.15) is 5.82 Å². The molecule has 21 heavy (non-hydrogen) atoms. The molecule has 1 unspecified atom stereocenters. The first-order valence-electron chi connectivity index (χ1n) is 7.04. The highest BCUT2D eigenvalue weighted by Gasteiger charge is 2.20. The Morgan fingerprint density at radius 2 is 2.24 bits per heavy atom. The topological polar surface area (TPSA) is 44.4 Å². The lowest BCUT2D eigenvalue weighted by Gasteiger charge is -2.31. The second-order valence-corrected chi connectivity index (χ2v) is 5.39. The summed E-state index contributed by atoms with van der Waals surface area (Å²) in [4.78, 5) is 14.1. The SMILES string of the molecule is CNC1CCCN(CC(=O)Nc2ccc(C)cc2F)C1.Cl. The van der Waals surface area contributed by atoms with E-state index >= 15 is 0 Å². The predicted octanol–water partition coefficient (Wildman–Crippen LogP) is 2.18. The third kappa shape index (κ3) is 5.26. The lowest BCUT2D eigenvalue weighted by molar-refractivity contribution is -0.117. The van der Waals surface area contributed by atoms with Gasteiger partial charge < -0.3 is 10.6 Å². The van der Waals surface area contributed by atoms with Gasteiger partial charge in [-0.15, -0.1) is 12.4 Å². The summed E-state index contributed by atoms with van der Waals surface area (Å²) in [6.07, 6.45) is 2.22. The Morgan fingerprint density at radius 3 is 2.90 bits per heavy atom. The number of aryl methyl sites for hydroxylation is 1. The van der Waals surface area contributed by atoms with Crippen molar-refractivity contribution in [3.63, 3.8) is 0 Å². The summed E-state index contributed by atoms with van der Waals surface area (Å²) < 4.78 is 13.7. The van der Waals surface area contributed by atoms with Gasteiger partial charge in [-0.25, -0.2) is 4.39 Å². The van der Waals surface area contributed by atoms with Crippen LogP contribution in [0.5, 0.6) is 0 Å². The number of hydrogen-bond donors (Lipinski definition) is 2. The van der Waals surface area contributed by atoms with Gasteiger partial charge in [-0.1, -0.05) is 6.07 Å². The van der Waals surface area contributed by atoms with Crippen molar-refractivity contribution < 1.29 is 9.18 Å². The fourth-order valence-electron chi connectivity index (χ4n) is 2.55. The number of piperidine rings is 1. The van der Waals surface area contributed by atoms with Crippen LogP contribution in [0.25, 0.3) is 0 Å². The Morgan fingerprint density at radius 1 is 1.48 bits per heavy atom. The molecule has 1 amide bonds. The molecule has 2 N–H and O–H groups in total. The summed E-state index contributed by atoms with van der Waals surface area (Å²) in [5, 5.41) is 5.88. The molecule has 1 aliphatic heterocycles. The number of rotatable bonds is 4. The summed E-state index contributed by atoms with van der Waals surface area (Å²) in [6.45, 7) is 3.91. The van der Waals surface area contributed by atoms with Crippen molar-refractivity contribution in [2.24, 2.45) is 0 Å². The summed E-state index contributed by atoms with van der Waals surface area (Å²) in [5.74, 6) is -0.547. The molecule has 0 aromatic heterocycles. The van der Waals surface area contributed by atoms with Crippen LogP contribution in [0.3, 0.4) is 0 Å². The number of benzene rings is 1. The van der Waals surface area contributed by atoms with E-state index in [0.29, 0.717) is 12.6 Å². The number of carbonyl (C=O) groups is 1. The number of hydrogen-bond acceptors (Lipinski definition) is 3. The molecule has 0 saturated carbocycles. The molecule has 1 aromatic rings. The van der Waals surface area contributed by atoms with Crippen LogP contribution in [0.4, 0.5) is 10.1 Å². The minimum absolute atomic E-state index is 0. The van der Waals surface area contributed by atoms with Crippen LogP contribution in [-0.4, -0.2) is 43.5 Å². The third-order valence-electron chi connectivity index (χ3n) is 3.68. The van der Waals surface area contributed by atoms with Crippen molar-refractivity contribution in [2.75, 3.05) is 32.0 Å². The van der Waals surface area contributed by atoms with Gasteiger partial charge in [-0.3, -0.25) is 9.69 Å². The number of halogens is 2. The molecule has 1 saturated heterocycles. The monoisotopic (exact) mass is 315 g/mol. The highest BCUT2D eigenvalue weighted by molar-refractivity contribution is 5.92. The van der Waals surface area contributed by atoms with Crippen LogP contribution in [0.2, 0.25) is 0 Å². The maximum atomic E-state index is 13.7. The van der Waals surface area contributed by atoms with Crippen LogP contribution in [-0.2, 0) is 4.79 Å². The van der Waals surface area contributed by atoms with Crippen LogP contribution in [0.1, 0.15) is 18.4 Å². The highest BCUT2D eigenvalue weighted by atomic mass is 35.5. The van der Waals surface area contributed by atoms with Crippen LogP contribution in [0.15, 0.2) is 18.2 Å². The molecule has 1 fully saturated rings. The lowest BCUT2D eigenvalue weighted by Crippen LogP contribution is -2.46. The Bertz CT molecular complexity index is 484. The van der Waals surface area contributed by atoms with E-state index in [9.17, 15) is 9.18 Å². The van der Waals surface area contributed by atoms with Crippen LogP contribution >= 0.6 is 12.4 Å². The Hall–Kier alpha value is -1.17. The van der Waals surface area contributed by atoms with Gasteiger partial charge in [-0.05, 0) is 51.1 Å². The van der Waals surface area contributed by atoms with Gasteiger partial charge in [0.25, 0.3) is 0 Å². The van der Waals surface area contributed by atoms with Gasteiger partial charge in [0, 0.05) is 12.6 Å². The average Bonchev–Trinajstić information content (AvgIpc) is 2.42. The molecule has 0 spiro atoms. The van der Waals surface area contributed by atoms with E-state index < -0.39 is 0 Å². The molecule has 118 valence electrons. The number of amides is 1. The standard InChI is InChI=1S/C15H22FN3O.ClH/c1-11-5-6-14(13(16)8-11)18-15(20)10-19-7-3-4-12(9-19)17-2;/h5-6,8,12,17H,3-4,7,9-10H2,1-2H3,(H,18,20);1H. The van der Waals surface area contributed by atoms with Crippen molar-refractivity contribution in [3.8, 4) is 0 Å². The van der Waals surface area contributed by atoms with E-state index in [1.54, 1.807) is 12.1 Å². The zero-order chi connectivity index (χ0) is 14.5. The number of anilines is 1. The molecule has 0 radical (unpaired) electrons. The Balaban J connectivity index is 0.00000220. The first-order chi connectivity index (χ1) is 9.58. The van der Waals surface area contributed by atoms with Gasteiger partial charge in [0.15, 0.2) is 0 Å². The van der Waals surface area contributed by atoms with Crippen molar-refractivity contribution in [2.45, 2.75) is 25.8 Å². The molecule has 1 atom stereocenters. The minimum Gasteiger partial charge on any atom is -0.322 e. The quantitative estimate of drug-likeness (QED) is 0.895. The number of likely N-dealkylation sites (N-methyl/N-ethyl adjacent to an activating group) is 1. The maximum Gasteiger partial charge on any atom is 0.238 e. The van der Waals surface area contributed by atoms with E-state index in [1.165, 1.54) is 6.07 Å². The first kappa shape index (κ1) is 17.9. The lowest BCUT2D eigenvalue weighted by atomic mass is 10.1. The van der Waals surface area contributed by atoms with Gasteiger partial charge in [0.05, 0.1) is 12.2 Å². The molecular weight excluding hydrogens is 293 g/mol. The van der Waals surface area contributed by atoms with Gasteiger partial charge in [-0.2, -0.15) is 0 Å². The van der Waals surface area contributed by atoms with E-state index in [-0.39, 0.29) is 29.8 Å². The third-order valence-corrected chi connectivity index (χ3v) is 3.68. The van der Waals surface area contributed by atoms with E-state index in [0.717, 1.165) is 31.5 Å². The fourth-order valence-corrected chi connectivity index (χ4v) is 2.55. The fraction of sp³-hybridized carbons (Fsp3) is 0.533. The molecule has 1 heterocycles. The number of carbonyl (C=O) groups excluding carboxylic acids is 1. The molecule has 6 heteroatoms. The normalized spacial score (nSPS) is 18.9. The molecule has 1 aliphatic rings. The second kappa shape index (κ2) is 8.32. The smallest absolute Gasteiger partial charge is 0.238 e. The van der Waals surface area contributed by atoms with E-state index in [2.05, 4.69) is 15.5 Å². The first-order valence-corrected chi connectivity index (χ1v) is 7.04. The summed E-state index contributed by atoms with van der Waals surface area (Å²) in [6, 6.07) is 5.26. The highest BCUT2D eigenvalue weighted by Crippen LogP contribution is 2.15. The summed E-state index contributed by atoms with van der Waals surface area (Å²) in [7, 11) is 1.94. The summed E-state index contributed by atoms with van der Waals surface area (Å²) >= 11 is 0. The van der Waals surface area contributed by atoms with Crippen molar-refractivity contribution >= 4 is 24.0 Å². The molecular formula is C15H23ClFN3O. The largest absolute Gasteiger partial charge is 0.322 e. The molecule has 0 bridgehead atoms. The van der Waals surface area contributed by atoms with Crippen LogP contribution in [0, 0.1) is 12.7 Å². The number of likely N-dealkylation sites (tertiary alicyclic amines) is 1. The number of nitrogens with zero attached hydrogens (tertiary/aromatic N) is 1. The Kier molecular flexibility index (Phi) is 7.08. The second-order valence-electron chi connectivity index (χ2n) is 5.39. The van der Waals surface area contributed by atoms with Crippen molar-refractivity contribution in [1.82, 2.24) is 10.2 Å². The Labute approximate surface area is 131 Å². The molecule has 0 aliphatic carbocycles.